The van der Waals surface area contributed by atoms with E-state index in [1.165, 1.54) is 10.9 Å². The van der Waals surface area contributed by atoms with Crippen LogP contribution in [0.25, 0.3) is 10.9 Å². The van der Waals surface area contributed by atoms with Gasteiger partial charge in [-0.05, 0) is 48.0 Å². The van der Waals surface area contributed by atoms with Crippen molar-refractivity contribution in [2.75, 3.05) is 36.4 Å². The lowest BCUT2D eigenvalue weighted by Gasteiger charge is -2.35. The molecule has 1 unspecified atom stereocenters. The number of nitrogens with one attached hydrogen (secondary N) is 2. The summed E-state index contributed by atoms with van der Waals surface area (Å²) in [4.78, 5) is 59.4. The fourth-order valence-corrected chi connectivity index (χ4v) is 5.12. The molecule has 0 radical (unpaired) electrons. The Hall–Kier alpha value is -4.70. The molecule has 0 aliphatic carbocycles. The van der Waals surface area contributed by atoms with Gasteiger partial charge in [-0.1, -0.05) is 41.9 Å². The molecule has 1 atom stereocenters. The van der Waals surface area contributed by atoms with Gasteiger partial charge in [0.1, 0.15) is 6.54 Å². The maximum absolute atomic E-state index is 13.4. The maximum Gasteiger partial charge on any atom is 0.261 e. The maximum atomic E-state index is 13.4. The van der Waals surface area contributed by atoms with E-state index >= 15 is 0 Å². The predicted octanol–water partition coefficient (Wildman–Crippen LogP) is 3.60. The largest absolute Gasteiger partial charge is 0.368 e. The van der Waals surface area contributed by atoms with E-state index in [1.54, 1.807) is 60.4 Å². The third-order valence-corrected chi connectivity index (χ3v) is 7.52. The lowest BCUT2D eigenvalue weighted by atomic mass is 10.0. The molecule has 216 valence electrons. The average Bonchev–Trinajstić information content (AvgIpc) is 2.99. The first kappa shape index (κ1) is 28.8. The zero-order chi connectivity index (χ0) is 29.6. The van der Waals surface area contributed by atoms with Crippen molar-refractivity contribution in [2.24, 2.45) is 0 Å². The number of rotatable bonds is 8. The van der Waals surface area contributed by atoms with Gasteiger partial charge in [0.15, 0.2) is 0 Å². The van der Waals surface area contributed by atoms with Crippen LogP contribution in [-0.4, -0.2) is 58.4 Å². The van der Waals surface area contributed by atoms with E-state index in [-0.39, 0.29) is 30.3 Å². The van der Waals surface area contributed by atoms with Crippen LogP contribution in [0.4, 0.5) is 11.4 Å². The van der Waals surface area contributed by atoms with Gasteiger partial charge in [0, 0.05) is 49.5 Å². The van der Waals surface area contributed by atoms with E-state index in [9.17, 15) is 19.2 Å². The number of aromatic nitrogens is 2. The van der Waals surface area contributed by atoms with Crippen LogP contribution in [0.1, 0.15) is 24.9 Å². The van der Waals surface area contributed by atoms with Crippen molar-refractivity contribution in [3.8, 4) is 0 Å². The van der Waals surface area contributed by atoms with Crippen LogP contribution in [-0.2, 0) is 20.9 Å². The van der Waals surface area contributed by atoms with Gasteiger partial charge in [0.05, 0.1) is 29.7 Å². The molecular formula is C31H31ClN6O4. The summed E-state index contributed by atoms with van der Waals surface area (Å²) in [6, 6.07) is 20.8. The minimum atomic E-state index is -0.650. The zero-order valence-corrected chi connectivity index (χ0v) is 23.9. The Bertz CT molecular complexity index is 1650. The number of halogens is 1. The summed E-state index contributed by atoms with van der Waals surface area (Å²) in [6.07, 6.45) is 1.34. The molecule has 2 N–H and O–H groups in total. The second-order valence-electron chi connectivity index (χ2n) is 10.2. The van der Waals surface area contributed by atoms with Crippen molar-refractivity contribution in [3.63, 3.8) is 0 Å². The van der Waals surface area contributed by atoms with Gasteiger partial charge >= 0.3 is 0 Å². The molecule has 2 heterocycles. The number of nitrogens with zero attached hydrogens (tertiary/aromatic N) is 4. The number of carbonyl (C=O) groups is 3. The van der Waals surface area contributed by atoms with Gasteiger partial charge < -0.3 is 20.4 Å². The summed E-state index contributed by atoms with van der Waals surface area (Å²) in [6.45, 7) is 3.84. The fourth-order valence-electron chi connectivity index (χ4n) is 5.00. The van der Waals surface area contributed by atoms with Crippen molar-refractivity contribution in [1.82, 2.24) is 19.8 Å². The molecule has 0 spiro atoms. The number of benzene rings is 3. The van der Waals surface area contributed by atoms with Crippen molar-refractivity contribution >= 4 is 51.6 Å². The minimum Gasteiger partial charge on any atom is -0.368 e. The predicted molar refractivity (Wildman–Crippen MR) is 162 cm³/mol. The first-order valence-corrected chi connectivity index (χ1v) is 14.0. The Balaban J connectivity index is 1.31. The first-order chi connectivity index (χ1) is 20.3. The Morgan fingerprint density at radius 2 is 1.64 bits per heavy atom. The number of fused-ring (bicyclic) bond motifs is 1. The van der Waals surface area contributed by atoms with Crippen LogP contribution >= 0.6 is 11.6 Å². The molecular weight excluding hydrogens is 556 g/mol. The third kappa shape index (κ3) is 6.95. The normalized spacial score (nSPS) is 14.0. The number of piperazine rings is 1. The number of anilines is 2. The number of carbonyl (C=O) groups excluding carboxylic acids is 3. The van der Waals surface area contributed by atoms with Crippen molar-refractivity contribution in [2.45, 2.75) is 25.9 Å². The summed E-state index contributed by atoms with van der Waals surface area (Å²) >= 11 is 6.06. The molecule has 42 heavy (non-hydrogen) atoms. The average molecular weight is 587 g/mol. The molecule has 3 aromatic carbocycles. The van der Waals surface area contributed by atoms with Gasteiger partial charge in [0.25, 0.3) is 5.56 Å². The SMILES string of the molecule is CC(=O)N1CCN(c2ccc3ncn(CC(=O)NC(CC(=O)Nc4ccccc4)c4ccc(Cl)cc4)c(=O)c3c2)CC1. The van der Waals surface area contributed by atoms with Crippen LogP contribution in [0, 0.1) is 0 Å². The monoisotopic (exact) mass is 586 g/mol. The Labute approximate surface area is 247 Å². The summed E-state index contributed by atoms with van der Waals surface area (Å²) < 4.78 is 1.26. The number of amides is 3. The molecule has 1 saturated heterocycles. The van der Waals surface area contributed by atoms with Crippen LogP contribution in [0.2, 0.25) is 5.02 Å². The highest BCUT2D eigenvalue weighted by atomic mass is 35.5. The van der Waals surface area contributed by atoms with Crippen LogP contribution in [0.3, 0.4) is 0 Å². The number of hydrogen-bond donors (Lipinski definition) is 2. The lowest BCUT2D eigenvalue weighted by molar-refractivity contribution is -0.129. The Morgan fingerprint density at radius 3 is 2.33 bits per heavy atom. The van der Waals surface area contributed by atoms with Gasteiger partial charge in [-0.2, -0.15) is 0 Å². The summed E-state index contributed by atoms with van der Waals surface area (Å²) in [5.41, 5.74) is 2.40. The summed E-state index contributed by atoms with van der Waals surface area (Å²) in [7, 11) is 0. The zero-order valence-electron chi connectivity index (χ0n) is 23.1. The number of hydrogen-bond acceptors (Lipinski definition) is 6. The number of para-hydroxylation sites is 1. The second kappa shape index (κ2) is 12.9. The van der Waals surface area contributed by atoms with E-state index in [1.807, 2.05) is 24.3 Å². The van der Waals surface area contributed by atoms with E-state index in [4.69, 9.17) is 11.6 Å². The summed E-state index contributed by atoms with van der Waals surface area (Å²) in [5, 5.41) is 6.67. The quantitative estimate of drug-likeness (QED) is 0.326. The smallest absolute Gasteiger partial charge is 0.261 e. The molecule has 3 amide bonds. The molecule has 1 fully saturated rings. The topological polar surface area (TPSA) is 117 Å². The van der Waals surface area contributed by atoms with Crippen molar-refractivity contribution in [3.05, 3.63) is 100 Å². The first-order valence-electron chi connectivity index (χ1n) is 13.7. The van der Waals surface area contributed by atoms with Gasteiger partial charge in [-0.3, -0.25) is 23.7 Å². The second-order valence-corrected chi connectivity index (χ2v) is 10.6. The van der Waals surface area contributed by atoms with Crippen LogP contribution < -0.4 is 21.1 Å². The van der Waals surface area contributed by atoms with E-state index < -0.39 is 11.9 Å². The highest BCUT2D eigenvalue weighted by Crippen LogP contribution is 2.22. The Kier molecular flexibility index (Phi) is 8.83. The van der Waals surface area contributed by atoms with Crippen LogP contribution in [0.15, 0.2) is 83.9 Å². The molecule has 0 saturated carbocycles. The van der Waals surface area contributed by atoms with E-state index in [0.29, 0.717) is 53.4 Å². The highest BCUT2D eigenvalue weighted by molar-refractivity contribution is 6.30. The molecule has 1 aromatic heterocycles. The summed E-state index contributed by atoms with van der Waals surface area (Å²) in [5.74, 6) is -0.668. The molecule has 5 rings (SSSR count). The molecule has 11 heteroatoms. The van der Waals surface area contributed by atoms with Crippen molar-refractivity contribution < 1.29 is 14.4 Å². The molecule has 0 bridgehead atoms. The van der Waals surface area contributed by atoms with Gasteiger partial charge in [-0.15, -0.1) is 0 Å². The Morgan fingerprint density at radius 1 is 0.929 bits per heavy atom. The molecule has 1 aliphatic heterocycles. The van der Waals surface area contributed by atoms with E-state index in [2.05, 4.69) is 20.5 Å². The van der Waals surface area contributed by atoms with Gasteiger partial charge in [0.2, 0.25) is 17.7 Å². The van der Waals surface area contributed by atoms with Crippen LogP contribution in [0.5, 0.6) is 0 Å². The molecule has 1 aliphatic rings. The van der Waals surface area contributed by atoms with Crippen molar-refractivity contribution in [1.29, 1.82) is 0 Å². The highest BCUT2D eigenvalue weighted by Gasteiger charge is 2.21. The van der Waals surface area contributed by atoms with E-state index in [0.717, 1.165) is 5.69 Å². The molecule has 4 aromatic rings. The fraction of sp³-hybridized carbons (Fsp3) is 0.258. The third-order valence-electron chi connectivity index (χ3n) is 7.27. The molecule has 10 nitrogen and oxygen atoms in total. The minimum absolute atomic E-state index is 0.0204. The van der Waals surface area contributed by atoms with Gasteiger partial charge in [-0.25, -0.2) is 4.98 Å². The lowest BCUT2D eigenvalue weighted by Crippen LogP contribution is -2.48. The standard InChI is InChI=1S/C31H31ClN6O4/c1-21(39)36-13-15-37(16-14-36)25-11-12-27-26(17-25)31(42)38(20-33-27)19-30(41)35-28(22-7-9-23(32)10-8-22)18-29(40)34-24-5-3-2-4-6-24/h2-12,17,20,28H,13-16,18-19H2,1H3,(H,34,40)(H,35,41).